The maximum atomic E-state index is 2.33. The van der Waals surface area contributed by atoms with Crippen molar-refractivity contribution in [3.63, 3.8) is 0 Å². The zero-order chi connectivity index (χ0) is 9.30. The summed E-state index contributed by atoms with van der Waals surface area (Å²) in [6, 6.07) is 0. The third-order valence-corrected chi connectivity index (χ3v) is 3.33. The van der Waals surface area contributed by atoms with E-state index < -0.39 is 0 Å². The highest BCUT2D eigenvalue weighted by atomic mass is 14.3. The van der Waals surface area contributed by atoms with Gasteiger partial charge < -0.3 is 0 Å². The van der Waals surface area contributed by atoms with Crippen molar-refractivity contribution in [1.29, 1.82) is 0 Å². The molecule has 0 heterocycles. The lowest BCUT2D eigenvalue weighted by Gasteiger charge is -2.10. The van der Waals surface area contributed by atoms with Crippen LogP contribution >= 0.6 is 0 Å². The van der Waals surface area contributed by atoms with Crippen LogP contribution in [0.4, 0.5) is 0 Å². The van der Waals surface area contributed by atoms with E-state index in [0.717, 1.165) is 0 Å². The number of hydrogen-bond donors (Lipinski definition) is 0. The van der Waals surface area contributed by atoms with Gasteiger partial charge >= 0.3 is 0 Å². The molecule has 0 amide bonds. The van der Waals surface area contributed by atoms with Gasteiger partial charge in [-0.05, 0) is 44.3 Å². The smallest absolute Gasteiger partial charge is 0.00126 e. The Morgan fingerprint density at radius 1 is 1.08 bits per heavy atom. The maximum absolute atomic E-state index is 2.33. The second-order valence-electron chi connectivity index (χ2n) is 3.93. The maximum Gasteiger partial charge on any atom is -0.00126 e. The Balaban J connectivity index is 2.92. The fourth-order valence-electron chi connectivity index (χ4n) is 2.12. The first kappa shape index (κ1) is 9.57. The van der Waals surface area contributed by atoms with E-state index in [0.29, 0.717) is 5.92 Å². The van der Waals surface area contributed by atoms with Crippen LogP contribution in [0.5, 0.6) is 0 Å². The molecule has 0 N–H and O–H groups in total. The monoisotopic (exact) mass is 164 g/mol. The van der Waals surface area contributed by atoms with Gasteiger partial charge in [-0.3, -0.25) is 0 Å². The largest absolute Gasteiger partial charge is 0.0651 e. The molecule has 0 saturated heterocycles. The van der Waals surface area contributed by atoms with Gasteiger partial charge in [0, 0.05) is 0 Å². The number of rotatable bonds is 2. The minimum atomic E-state index is 0.713. The van der Waals surface area contributed by atoms with Crippen LogP contribution in [-0.4, -0.2) is 0 Å². The van der Waals surface area contributed by atoms with E-state index in [1.807, 2.05) is 0 Å². The molecule has 0 aliphatic heterocycles. The zero-order valence-corrected chi connectivity index (χ0v) is 8.99. The molecule has 0 heteroatoms. The van der Waals surface area contributed by atoms with Crippen molar-refractivity contribution in [1.82, 2.24) is 0 Å². The standard InChI is InChI=1S/C12H20/c1-6-7-12-10(4)8(2)9(3)11(12)5/h10H,6-7H2,1-5H3/t10-/m1/s1. The first-order chi connectivity index (χ1) is 5.59. The summed E-state index contributed by atoms with van der Waals surface area (Å²) in [4.78, 5) is 0. The average molecular weight is 164 g/mol. The molecule has 0 fully saturated rings. The van der Waals surface area contributed by atoms with Gasteiger partial charge in [0.05, 0.1) is 0 Å². The van der Waals surface area contributed by atoms with E-state index in [-0.39, 0.29) is 0 Å². The molecular weight excluding hydrogens is 144 g/mol. The summed E-state index contributed by atoms with van der Waals surface area (Å²) in [5.74, 6) is 0.713. The molecule has 0 unspecified atom stereocenters. The Morgan fingerprint density at radius 3 is 2.00 bits per heavy atom. The molecular formula is C12H20. The highest BCUT2D eigenvalue weighted by Crippen LogP contribution is 2.38. The van der Waals surface area contributed by atoms with Crippen molar-refractivity contribution >= 4 is 0 Å². The van der Waals surface area contributed by atoms with Gasteiger partial charge in [0.15, 0.2) is 0 Å². The Morgan fingerprint density at radius 2 is 1.67 bits per heavy atom. The highest BCUT2D eigenvalue weighted by molar-refractivity contribution is 5.46. The Bertz CT molecular complexity index is 241. The van der Waals surface area contributed by atoms with E-state index >= 15 is 0 Å². The summed E-state index contributed by atoms with van der Waals surface area (Å²) >= 11 is 0. The predicted molar refractivity (Wildman–Crippen MR) is 55.1 cm³/mol. The Labute approximate surface area is 76.4 Å². The predicted octanol–water partition coefficient (Wildman–Crippen LogP) is 4.09. The topological polar surface area (TPSA) is 0 Å². The van der Waals surface area contributed by atoms with Gasteiger partial charge in [-0.2, -0.15) is 0 Å². The van der Waals surface area contributed by atoms with Gasteiger partial charge in [0.1, 0.15) is 0 Å². The zero-order valence-electron chi connectivity index (χ0n) is 8.99. The van der Waals surface area contributed by atoms with Crippen LogP contribution in [0.15, 0.2) is 22.3 Å². The van der Waals surface area contributed by atoms with Crippen LogP contribution in [0.25, 0.3) is 0 Å². The van der Waals surface area contributed by atoms with Crippen LogP contribution in [0, 0.1) is 5.92 Å². The summed E-state index contributed by atoms with van der Waals surface area (Å²) in [6.45, 7) is 11.4. The molecule has 0 radical (unpaired) electrons. The summed E-state index contributed by atoms with van der Waals surface area (Å²) in [5.41, 5.74) is 6.34. The van der Waals surface area contributed by atoms with E-state index in [4.69, 9.17) is 0 Å². The minimum absolute atomic E-state index is 0.713. The number of allylic oxidation sites excluding steroid dienone is 4. The van der Waals surface area contributed by atoms with E-state index in [1.165, 1.54) is 18.4 Å². The summed E-state index contributed by atoms with van der Waals surface area (Å²) in [5, 5.41) is 0. The lowest BCUT2D eigenvalue weighted by molar-refractivity contribution is 0.736. The SMILES string of the molecule is CCCC1=C(C)C(C)=C(C)[C@H]1C. The molecule has 68 valence electrons. The van der Waals surface area contributed by atoms with Gasteiger partial charge in [0.2, 0.25) is 0 Å². The summed E-state index contributed by atoms with van der Waals surface area (Å²) < 4.78 is 0. The highest BCUT2D eigenvalue weighted by Gasteiger charge is 2.21. The van der Waals surface area contributed by atoms with Gasteiger partial charge in [-0.25, -0.2) is 0 Å². The van der Waals surface area contributed by atoms with E-state index in [1.54, 1.807) is 16.7 Å². The quantitative estimate of drug-likeness (QED) is 0.576. The fraction of sp³-hybridized carbons (Fsp3) is 0.667. The van der Waals surface area contributed by atoms with Crippen LogP contribution in [0.1, 0.15) is 47.5 Å². The molecule has 0 aromatic rings. The fourth-order valence-corrected chi connectivity index (χ4v) is 2.12. The molecule has 1 aliphatic rings. The molecule has 0 spiro atoms. The molecule has 0 aromatic heterocycles. The van der Waals surface area contributed by atoms with Crippen LogP contribution < -0.4 is 0 Å². The van der Waals surface area contributed by atoms with Crippen molar-refractivity contribution in [2.75, 3.05) is 0 Å². The third-order valence-electron chi connectivity index (χ3n) is 3.33. The molecule has 12 heavy (non-hydrogen) atoms. The second kappa shape index (κ2) is 3.47. The van der Waals surface area contributed by atoms with Crippen molar-refractivity contribution in [3.05, 3.63) is 22.3 Å². The average Bonchev–Trinajstić information content (AvgIpc) is 2.23. The summed E-state index contributed by atoms with van der Waals surface area (Å²) in [6.07, 6.45) is 2.55. The van der Waals surface area contributed by atoms with E-state index in [9.17, 15) is 0 Å². The van der Waals surface area contributed by atoms with Crippen LogP contribution in [0.2, 0.25) is 0 Å². The Kier molecular flexibility index (Phi) is 2.76. The number of hydrogen-bond acceptors (Lipinski definition) is 0. The van der Waals surface area contributed by atoms with Crippen molar-refractivity contribution in [2.24, 2.45) is 5.92 Å². The molecule has 0 aromatic carbocycles. The van der Waals surface area contributed by atoms with Gasteiger partial charge in [0.25, 0.3) is 0 Å². The van der Waals surface area contributed by atoms with Crippen molar-refractivity contribution in [2.45, 2.75) is 47.5 Å². The molecule has 1 atom stereocenters. The first-order valence-corrected chi connectivity index (χ1v) is 4.97. The molecule has 1 rings (SSSR count). The Hall–Kier alpha value is -0.520. The molecule has 0 saturated carbocycles. The third kappa shape index (κ3) is 1.35. The van der Waals surface area contributed by atoms with Crippen LogP contribution in [0.3, 0.4) is 0 Å². The second-order valence-corrected chi connectivity index (χ2v) is 3.93. The minimum Gasteiger partial charge on any atom is -0.0651 e. The molecule has 1 aliphatic carbocycles. The van der Waals surface area contributed by atoms with E-state index in [2.05, 4.69) is 34.6 Å². The molecule has 0 bridgehead atoms. The van der Waals surface area contributed by atoms with Crippen molar-refractivity contribution < 1.29 is 0 Å². The first-order valence-electron chi connectivity index (χ1n) is 4.97. The van der Waals surface area contributed by atoms with Gasteiger partial charge in [-0.1, -0.05) is 31.4 Å². The van der Waals surface area contributed by atoms with Gasteiger partial charge in [-0.15, -0.1) is 0 Å². The molecule has 0 nitrogen and oxygen atoms in total. The lowest BCUT2D eigenvalue weighted by Crippen LogP contribution is -1.96. The normalized spacial score (nSPS) is 24.2. The van der Waals surface area contributed by atoms with Crippen LogP contribution in [-0.2, 0) is 0 Å². The lowest BCUT2D eigenvalue weighted by atomic mass is 9.95. The van der Waals surface area contributed by atoms with Crippen molar-refractivity contribution in [3.8, 4) is 0 Å². The summed E-state index contributed by atoms with van der Waals surface area (Å²) in [7, 11) is 0.